The summed E-state index contributed by atoms with van der Waals surface area (Å²) in [6.07, 6.45) is 2.04. The molecule has 3 N–H and O–H groups in total. The summed E-state index contributed by atoms with van der Waals surface area (Å²) in [6, 6.07) is 13.6. The second kappa shape index (κ2) is 6.28. The second-order valence-electron chi connectivity index (χ2n) is 3.88. The van der Waals surface area contributed by atoms with Crippen molar-refractivity contribution < 1.29 is 0 Å². The van der Waals surface area contributed by atoms with Crippen molar-refractivity contribution in [1.29, 1.82) is 0 Å². The molecule has 2 aromatic rings. The third-order valence-electron chi connectivity index (χ3n) is 2.63. The van der Waals surface area contributed by atoms with Crippen molar-refractivity contribution in [3.8, 4) is 0 Å². The van der Waals surface area contributed by atoms with Crippen molar-refractivity contribution >= 4 is 51.9 Å². The number of halogens is 1. The van der Waals surface area contributed by atoms with Gasteiger partial charge in [-0.3, -0.25) is 0 Å². The van der Waals surface area contributed by atoms with E-state index in [-0.39, 0.29) is 0 Å². The molecule has 0 atom stereocenters. The van der Waals surface area contributed by atoms with Gasteiger partial charge in [-0.25, -0.2) is 0 Å². The first-order valence-corrected chi connectivity index (χ1v) is 7.62. The summed E-state index contributed by atoms with van der Waals surface area (Å²) < 4.78 is 0. The fourth-order valence-electron chi connectivity index (χ4n) is 1.66. The van der Waals surface area contributed by atoms with Crippen molar-refractivity contribution in [2.45, 2.75) is 4.90 Å². The number of hydrogen-bond donors (Lipinski definition) is 2. The molecule has 0 saturated heterocycles. The molecule has 2 aromatic carbocycles. The molecule has 0 amide bonds. The molecular weight excluding hydrogens is 296 g/mol. The summed E-state index contributed by atoms with van der Waals surface area (Å²) >= 11 is 12.8. The minimum absolute atomic E-state index is 0.345. The highest BCUT2D eigenvalue weighted by molar-refractivity contribution is 7.98. The van der Waals surface area contributed by atoms with Crippen LogP contribution in [0.25, 0.3) is 0 Å². The quantitative estimate of drug-likeness (QED) is 0.647. The SMILES string of the molecule is CSc1ccccc1Nc1ccc(C(N)=S)cc1Cl. The van der Waals surface area contributed by atoms with E-state index in [0.717, 1.165) is 21.8 Å². The average Bonchev–Trinajstić information content (AvgIpc) is 2.41. The highest BCUT2D eigenvalue weighted by Gasteiger charge is 2.06. The van der Waals surface area contributed by atoms with E-state index in [0.29, 0.717) is 10.0 Å². The Morgan fingerprint density at radius 3 is 2.58 bits per heavy atom. The maximum atomic E-state index is 6.23. The maximum Gasteiger partial charge on any atom is 0.104 e. The largest absolute Gasteiger partial charge is 0.389 e. The second-order valence-corrected chi connectivity index (χ2v) is 5.58. The van der Waals surface area contributed by atoms with E-state index in [9.17, 15) is 0 Å². The predicted molar refractivity (Wildman–Crippen MR) is 88.8 cm³/mol. The Kier molecular flexibility index (Phi) is 4.69. The van der Waals surface area contributed by atoms with E-state index in [1.807, 2.05) is 36.6 Å². The third-order valence-corrected chi connectivity index (χ3v) is 3.97. The van der Waals surface area contributed by atoms with Gasteiger partial charge in [0.2, 0.25) is 0 Å². The van der Waals surface area contributed by atoms with Gasteiger partial charge in [0.25, 0.3) is 0 Å². The van der Waals surface area contributed by atoms with Crippen LogP contribution in [-0.2, 0) is 0 Å². The van der Waals surface area contributed by atoms with Crippen LogP contribution >= 0.6 is 35.6 Å². The number of thiocarbonyl (C=S) groups is 1. The lowest BCUT2D eigenvalue weighted by Crippen LogP contribution is -2.09. The number of rotatable bonds is 4. The molecule has 0 bridgehead atoms. The average molecular weight is 309 g/mol. The van der Waals surface area contributed by atoms with Crippen molar-refractivity contribution in [3.63, 3.8) is 0 Å². The topological polar surface area (TPSA) is 38.0 Å². The number of thioether (sulfide) groups is 1. The first-order chi connectivity index (χ1) is 9.11. The van der Waals surface area contributed by atoms with Crippen LogP contribution in [0.15, 0.2) is 47.4 Å². The minimum Gasteiger partial charge on any atom is -0.389 e. The summed E-state index contributed by atoms with van der Waals surface area (Å²) in [5.41, 5.74) is 8.21. The van der Waals surface area contributed by atoms with Crippen LogP contribution in [0.1, 0.15) is 5.56 Å². The van der Waals surface area contributed by atoms with E-state index < -0.39 is 0 Å². The van der Waals surface area contributed by atoms with Crippen LogP contribution in [0.2, 0.25) is 5.02 Å². The van der Waals surface area contributed by atoms with Crippen LogP contribution in [0.3, 0.4) is 0 Å². The van der Waals surface area contributed by atoms with E-state index >= 15 is 0 Å². The molecule has 0 aliphatic heterocycles. The molecule has 0 aliphatic rings. The predicted octanol–water partition coefficient (Wildman–Crippen LogP) is 4.44. The fourth-order valence-corrected chi connectivity index (χ4v) is 2.57. The number of anilines is 2. The Hall–Kier alpha value is -1.23. The molecule has 2 rings (SSSR count). The third kappa shape index (κ3) is 3.41. The zero-order chi connectivity index (χ0) is 13.8. The van der Waals surface area contributed by atoms with E-state index in [1.165, 1.54) is 0 Å². The molecule has 0 radical (unpaired) electrons. The van der Waals surface area contributed by atoms with Gasteiger partial charge < -0.3 is 11.1 Å². The Labute approximate surface area is 127 Å². The number of benzene rings is 2. The summed E-state index contributed by atoms with van der Waals surface area (Å²) in [5.74, 6) is 0. The molecule has 0 fully saturated rings. The Bertz CT molecular complexity index is 614. The van der Waals surface area contributed by atoms with Gasteiger partial charge in [-0.2, -0.15) is 0 Å². The summed E-state index contributed by atoms with van der Waals surface area (Å²) in [7, 11) is 0. The van der Waals surface area contributed by atoms with Gasteiger partial charge in [-0.1, -0.05) is 36.0 Å². The van der Waals surface area contributed by atoms with Gasteiger partial charge in [0.05, 0.1) is 16.4 Å². The monoisotopic (exact) mass is 308 g/mol. The fraction of sp³-hybridized carbons (Fsp3) is 0.0714. The minimum atomic E-state index is 0.345. The Morgan fingerprint density at radius 1 is 1.21 bits per heavy atom. The van der Waals surface area contributed by atoms with Crippen molar-refractivity contribution in [3.05, 3.63) is 53.1 Å². The summed E-state index contributed by atoms with van der Waals surface area (Å²) in [6.45, 7) is 0. The zero-order valence-electron chi connectivity index (χ0n) is 10.3. The van der Waals surface area contributed by atoms with Gasteiger partial charge in [-0.05, 0) is 36.6 Å². The Morgan fingerprint density at radius 2 is 1.95 bits per heavy atom. The van der Waals surface area contributed by atoms with Gasteiger partial charge >= 0.3 is 0 Å². The van der Waals surface area contributed by atoms with Crippen LogP contribution < -0.4 is 11.1 Å². The van der Waals surface area contributed by atoms with E-state index in [4.69, 9.17) is 29.6 Å². The molecule has 0 saturated carbocycles. The van der Waals surface area contributed by atoms with Crippen LogP contribution in [0.4, 0.5) is 11.4 Å². The summed E-state index contributed by atoms with van der Waals surface area (Å²) in [5, 5.41) is 3.92. The lowest BCUT2D eigenvalue weighted by molar-refractivity contribution is 1.41. The van der Waals surface area contributed by atoms with E-state index in [2.05, 4.69) is 11.4 Å². The summed E-state index contributed by atoms with van der Waals surface area (Å²) in [4.78, 5) is 1.51. The lowest BCUT2D eigenvalue weighted by atomic mass is 10.2. The number of para-hydroxylation sites is 1. The molecule has 0 spiro atoms. The molecule has 0 aromatic heterocycles. The molecule has 98 valence electrons. The lowest BCUT2D eigenvalue weighted by Gasteiger charge is -2.12. The smallest absolute Gasteiger partial charge is 0.104 e. The van der Waals surface area contributed by atoms with Crippen molar-refractivity contribution in [1.82, 2.24) is 0 Å². The molecule has 0 unspecified atom stereocenters. The van der Waals surface area contributed by atoms with Gasteiger partial charge in [0, 0.05) is 10.5 Å². The number of hydrogen-bond acceptors (Lipinski definition) is 3. The van der Waals surface area contributed by atoms with Gasteiger partial charge in [0.15, 0.2) is 0 Å². The van der Waals surface area contributed by atoms with Crippen LogP contribution in [0.5, 0.6) is 0 Å². The number of nitrogens with two attached hydrogens (primary N) is 1. The van der Waals surface area contributed by atoms with Gasteiger partial charge in [-0.15, -0.1) is 11.8 Å². The first-order valence-electron chi connectivity index (χ1n) is 5.61. The van der Waals surface area contributed by atoms with E-state index in [1.54, 1.807) is 17.8 Å². The normalized spacial score (nSPS) is 10.2. The molecule has 19 heavy (non-hydrogen) atoms. The van der Waals surface area contributed by atoms with Crippen molar-refractivity contribution in [2.75, 3.05) is 11.6 Å². The molecular formula is C14H13ClN2S2. The first kappa shape index (κ1) is 14.2. The molecule has 0 heterocycles. The molecule has 5 heteroatoms. The molecule has 0 aliphatic carbocycles. The number of nitrogens with one attached hydrogen (secondary N) is 1. The van der Waals surface area contributed by atoms with Crippen LogP contribution in [-0.4, -0.2) is 11.2 Å². The standard InChI is InChI=1S/C14H13ClN2S2/c1-19-13-5-3-2-4-12(13)17-11-7-6-9(14(16)18)8-10(11)15/h2-8,17H,1H3,(H2,16,18). The van der Waals surface area contributed by atoms with Crippen molar-refractivity contribution in [2.24, 2.45) is 5.73 Å². The zero-order valence-corrected chi connectivity index (χ0v) is 12.7. The van der Waals surface area contributed by atoms with Gasteiger partial charge in [0.1, 0.15) is 4.99 Å². The highest BCUT2D eigenvalue weighted by atomic mass is 35.5. The maximum absolute atomic E-state index is 6.23. The highest BCUT2D eigenvalue weighted by Crippen LogP contribution is 2.31. The Balaban J connectivity index is 2.31. The molecule has 2 nitrogen and oxygen atoms in total. The van der Waals surface area contributed by atoms with Crippen LogP contribution in [0, 0.1) is 0 Å².